The van der Waals surface area contributed by atoms with Crippen LogP contribution in [0.2, 0.25) is 0 Å². The summed E-state index contributed by atoms with van der Waals surface area (Å²) < 4.78 is 16.3. The Balaban J connectivity index is 2.52. The Morgan fingerprint density at radius 1 is 2.00 bits per heavy atom. The second-order valence-electron chi connectivity index (χ2n) is 0.662. The molecule has 0 aromatic carbocycles. The summed E-state index contributed by atoms with van der Waals surface area (Å²) in [5.41, 5.74) is 0. The van der Waals surface area contributed by atoms with Crippen LogP contribution in [-0.2, 0) is 15.6 Å². The summed E-state index contributed by atoms with van der Waals surface area (Å²) in [7, 11) is 0. The van der Waals surface area contributed by atoms with Gasteiger partial charge in [0.15, 0.2) is 0 Å². The van der Waals surface area contributed by atoms with E-state index in [9.17, 15) is 4.21 Å². The minimum Gasteiger partial charge on any atom is -0.269 e. The number of nitrogens with one attached hydrogen (secondary N) is 1. The van der Waals surface area contributed by atoms with Crippen LogP contribution in [-0.4, -0.2) is 10.5 Å². The van der Waals surface area contributed by atoms with Crippen molar-refractivity contribution in [3.8, 4) is 0 Å². The van der Waals surface area contributed by atoms with E-state index in [2.05, 4.69) is 14.2 Å². The second kappa shape index (κ2) is 1.25. The quantitative estimate of drug-likeness (QED) is 0.436. The molecular weight excluding hydrogens is 104 g/mol. The molecule has 0 aliphatic carbocycles. The first-order valence-corrected chi connectivity index (χ1v) is 2.34. The van der Waals surface area contributed by atoms with Crippen molar-refractivity contribution in [1.29, 1.82) is 0 Å². The van der Waals surface area contributed by atoms with Crippen LogP contribution in [0.3, 0.4) is 0 Å². The van der Waals surface area contributed by atoms with Crippen molar-refractivity contribution in [2.75, 3.05) is 0 Å². The molecule has 1 N–H and O–H groups in total. The van der Waals surface area contributed by atoms with Gasteiger partial charge in [-0.3, -0.25) is 9.01 Å². The van der Waals surface area contributed by atoms with E-state index in [1.807, 2.05) is 0 Å². The van der Waals surface area contributed by atoms with Gasteiger partial charge in [0, 0.05) is 0 Å². The van der Waals surface area contributed by atoms with Gasteiger partial charge in [0.1, 0.15) is 6.34 Å². The molecule has 34 valence electrons. The minimum absolute atomic E-state index is 1.23. The lowest BCUT2D eigenvalue weighted by Gasteiger charge is -1.77. The summed E-state index contributed by atoms with van der Waals surface area (Å²) in [6.07, 6.45) is 1.23. The number of nitrogens with zero attached hydrogens (tertiary/aromatic N) is 1. The van der Waals surface area contributed by atoms with Crippen molar-refractivity contribution in [2.24, 2.45) is 5.16 Å². The van der Waals surface area contributed by atoms with Gasteiger partial charge in [0.2, 0.25) is 0 Å². The average Bonchev–Trinajstić information content (AvgIpc) is 1.86. The van der Waals surface area contributed by atoms with Gasteiger partial charge >= 0.3 is 11.3 Å². The first kappa shape index (κ1) is 3.60. The van der Waals surface area contributed by atoms with E-state index >= 15 is 0 Å². The van der Waals surface area contributed by atoms with Gasteiger partial charge in [-0.05, 0) is 0 Å². The Morgan fingerprint density at radius 3 is 3.00 bits per heavy atom. The van der Waals surface area contributed by atoms with Gasteiger partial charge in [-0.25, -0.2) is 0 Å². The number of hydrogen-bond donors (Lipinski definition) is 1. The maximum Gasteiger partial charge on any atom is 0.338 e. The maximum absolute atomic E-state index is 9.90. The van der Waals surface area contributed by atoms with E-state index in [4.69, 9.17) is 0 Å². The molecule has 0 aromatic rings. The van der Waals surface area contributed by atoms with Crippen molar-refractivity contribution in [2.45, 2.75) is 0 Å². The lowest BCUT2D eigenvalue weighted by atomic mass is 11.4. The average molecular weight is 106 g/mol. The molecule has 0 aromatic heterocycles. The molecule has 4 nitrogen and oxygen atoms in total. The van der Waals surface area contributed by atoms with Crippen molar-refractivity contribution >= 4 is 17.6 Å². The lowest BCUT2D eigenvalue weighted by Crippen LogP contribution is -2.06. The van der Waals surface area contributed by atoms with Crippen LogP contribution in [0, 0.1) is 0 Å². The molecule has 6 heavy (non-hydrogen) atoms. The Bertz CT molecular complexity index is 89.7. The number of rotatable bonds is 0. The molecule has 0 saturated carbocycles. The van der Waals surface area contributed by atoms with Crippen molar-refractivity contribution in [3.63, 3.8) is 0 Å². The highest BCUT2D eigenvalue weighted by Gasteiger charge is 1.98. The van der Waals surface area contributed by atoms with E-state index < -0.39 is 11.3 Å². The Kier molecular flexibility index (Phi) is 0.754. The molecule has 0 fully saturated rings. The van der Waals surface area contributed by atoms with Gasteiger partial charge in [-0.2, -0.15) is 4.21 Å². The van der Waals surface area contributed by atoms with Gasteiger partial charge in [0.25, 0.3) is 0 Å². The molecule has 1 aliphatic heterocycles. The van der Waals surface area contributed by atoms with Crippen LogP contribution in [0.15, 0.2) is 5.16 Å². The summed E-state index contributed by atoms with van der Waals surface area (Å²) in [4.78, 5) is 0. The van der Waals surface area contributed by atoms with E-state index in [1.54, 1.807) is 0 Å². The van der Waals surface area contributed by atoms with Gasteiger partial charge in [-0.1, -0.05) is 5.16 Å². The number of oxime groups is 1. The summed E-state index contributed by atoms with van der Waals surface area (Å²) in [5.74, 6) is 0. The Labute approximate surface area is 37.0 Å². The topological polar surface area (TPSA) is 50.7 Å². The third kappa shape index (κ3) is 0.486. The van der Waals surface area contributed by atoms with Crippen LogP contribution in [0.1, 0.15) is 0 Å². The zero-order valence-corrected chi connectivity index (χ0v) is 3.57. The van der Waals surface area contributed by atoms with Crippen LogP contribution < -0.4 is 4.72 Å². The van der Waals surface area contributed by atoms with E-state index in [0.717, 1.165) is 0 Å². The standard InChI is InChI=1S/CH2N2O2S/c4-6-3-1-2-5-6/h1H,(H,2,3). The predicted octanol–water partition coefficient (Wildman–Crippen LogP) is -0.872. The molecule has 0 saturated heterocycles. The predicted molar refractivity (Wildman–Crippen MR) is 20.9 cm³/mol. The van der Waals surface area contributed by atoms with Crippen LogP contribution in [0.25, 0.3) is 0 Å². The third-order valence-electron chi connectivity index (χ3n) is 0.312. The van der Waals surface area contributed by atoms with E-state index in [0.29, 0.717) is 0 Å². The van der Waals surface area contributed by atoms with Crippen molar-refractivity contribution in [1.82, 2.24) is 4.72 Å². The van der Waals surface area contributed by atoms with E-state index in [1.165, 1.54) is 6.34 Å². The highest BCUT2D eigenvalue weighted by Crippen LogP contribution is 1.83. The molecule has 1 heterocycles. The summed E-state index contributed by atoms with van der Waals surface area (Å²) in [6, 6.07) is 0. The smallest absolute Gasteiger partial charge is 0.269 e. The lowest BCUT2D eigenvalue weighted by molar-refractivity contribution is 0.386. The van der Waals surface area contributed by atoms with Crippen molar-refractivity contribution < 1.29 is 8.49 Å². The first-order chi connectivity index (χ1) is 2.89. The second-order valence-corrected chi connectivity index (χ2v) is 1.52. The fourth-order valence-electron chi connectivity index (χ4n) is 0.147. The molecule has 0 amide bonds. The summed E-state index contributed by atoms with van der Waals surface area (Å²) >= 11 is -1.40. The molecule has 0 bridgehead atoms. The SMILES string of the molecule is O=S1NC=NO1. The molecule has 1 rings (SSSR count). The fraction of sp³-hybridized carbons (Fsp3) is 0. The van der Waals surface area contributed by atoms with Crippen LogP contribution in [0.5, 0.6) is 0 Å². The minimum atomic E-state index is -1.40. The molecule has 0 radical (unpaired) electrons. The van der Waals surface area contributed by atoms with Gasteiger partial charge in [-0.15, -0.1) is 0 Å². The van der Waals surface area contributed by atoms with E-state index in [-0.39, 0.29) is 0 Å². The normalized spacial score (nSPS) is 29.0. The highest BCUT2D eigenvalue weighted by atomic mass is 32.2. The van der Waals surface area contributed by atoms with Gasteiger partial charge in [0.05, 0.1) is 0 Å². The monoisotopic (exact) mass is 106 g/mol. The summed E-state index contributed by atoms with van der Waals surface area (Å²) in [6.45, 7) is 0. The third-order valence-corrected chi connectivity index (χ3v) is 0.832. The molecule has 1 atom stereocenters. The maximum atomic E-state index is 9.90. The number of hydrogen-bond acceptors (Lipinski definition) is 3. The van der Waals surface area contributed by atoms with Crippen molar-refractivity contribution in [3.05, 3.63) is 0 Å². The Hall–Kier alpha value is -0.580. The fourth-order valence-corrected chi connectivity index (χ4v) is 0.440. The highest BCUT2D eigenvalue weighted by molar-refractivity contribution is 7.78. The van der Waals surface area contributed by atoms with Gasteiger partial charge < -0.3 is 0 Å². The zero-order valence-electron chi connectivity index (χ0n) is 2.75. The molecule has 5 heteroatoms. The van der Waals surface area contributed by atoms with Crippen LogP contribution >= 0.6 is 0 Å². The first-order valence-electron chi connectivity index (χ1n) is 1.27. The summed E-state index contributed by atoms with van der Waals surface area (Å²) in [5, 5.41) is 3.13. The molecule has 1 aliphatic rings. The Morgan fingerprint density at radius 2 is 2.83 bits per heavy atom. The largest absolute Gasteiger partial charge is 0.338 e. The van der Waals surface area contributed by atoms with Crippen LogP contribution in [0.4, 0.5) is 0 Å². The zero-order chi connectivity index (χ0) is 4.41. The molecular formula is CH2N2O2S. The molecule has 0 spiro atoms. The molecule has 1 unspecified atom stereocenters.